The first-order chi connectivity index (χ1) is 8.70. The summed E-state index contributed by atoms with van der Waals surface area (Å²) in [6, 6.07) is 5.49. The van der Waals surface area contributed by atoms with Crippen molar-refractivity contribution in [2.24, 2.45) is 0 Å². The zero-order valence-corrected chi connectivity index (χ0v) is 12.6. The Balaban J connectivity index is 2.75. The summed E-state index contributed by atoms with van der Waals surface area (Å²) in [6.07, 6.45) is 4.07. The first-order valence-electron chi connectivity index (χ1n) is 5.75. The molecule has 1 aromatic carbocycles. The van der Waals surface area contributed by atoms with Gasteiger partial charge < -0.3 is 9.47 Å². The Hall–Kier alpha value is -0.880. The normalized spacial score (nSPS) is 10.1. The second-order valence-electron chi connectivity index (χ2n) is 3.77. The van der Waals surface area contributed by atoms with Crippen molar-refractivity contribution in [2.75, 3.05) is 13.9 Å². The van der Waals surface area contributed by atoms with Gasteiger partial charge in [0.2, 0.25) is 0 Å². The fourth-order valence-corrected chi connectivity index (χ4v) is 2.32. The van der Waals surface area contributed by atoms with Crippen molar-refractivity contribution >= 4 is 28.4 Å². The zero-order chi connectivity index (χ0) is 13.4. The zero-order valence-electron chi connectivity index (χ0n) is 10.4. The molecule has 98 valence electrons. The molecular formula is C14H17IO3. The van der Waals surface area contributed by atoms with Gasteiger partial charge >= 0.3 is 0 Å². The number of allylic oxidation sites excluding steroid dienone is 1. The molecule has 0 aliphatic rings. The average Bonchev–Trinajstić information content (AvgIpc) is 2.37. The van der Waals surface area contributed by atoms with Crippen LogP contribution >= 0.6 is 22.6 Å². The maximum atomic E-state index is 12.0. The highest BCUT2D eigenvalue weighted by Crippen LogP contribution is 2.25. The monoisotopic (exact) mass is 360 g/mol. The van der Waals surface area contributed by atoms with Crippen LogP contribution in [0, 0.1) is 3.57 Å². The summed E-state index contributed by atoms with van der Waals surface area (Å²) in [7, 11) is 1.57. The van der Waals surface area contributed by atoms with Gasteiger partial charge in [0, 0.05) is 19.1 Å². The SMILES string of the molecule is C=CCCCC(=O)c1cccc(OCOC)c1I. The van der Waals surface area contributed by atoms with E-state index in [-0.39, 0.29) is 12.6 Å². The Labute approximate surface area is 121 Å². The van der Waals surface area contributed by atoms with Crippen LogP contribution in [0.3, 0.4) is 0 Å². The van der Waals surface area contributed by atoms with Crippen LogP contribution in [0.25, 0.3) is 0 Å². The van der Waals surface area contributed by atoms with E-state index in [2.05, 4.69) is 29.2 Å². The summed E-state index contributed by atoms with van der Waals surface area (Å²) >= 11 is 2.14. The van der Waals surface area contributed by atoms with Crippen LogP contribution in [0.5, 0.6) is 5.75 Å². The Morgan fingerprint density at radius 2 is 2.28 bits per heavy atom. The molecule has 3 nitrogen and oxygen atoms in total. The van der Waals surface area contributed by atoms with Crippen molar-refractivity contribution < 1.29 is 14.3 Å². The number of carbonyl (C=O) groups excluding carboxylic acids is 1. The highest BCUT2D eigenvalue weighted by atomic mass is 127. The first-order valence-corrected chi connectivity index (χ1v) is 6.83. The van der Waals surface area contributed by atoms with E-state index in [1.54, 1.807) is 7.11 Å². The minimum atomic E-state index is 0.143. The lowest BCUT2D eigenvalue weighted by molar-refractivity contribution is 0.0504. The second-order valence-corrected chi connectivity index (χ2v) is 4.85. The highest BCUT2D eigenvalue weighted by molar-refractivity contribution is 14.1. The summed E-state index contributed by atoms with van der Waals surface area (Å²) in [4.78, 5) is 12.0. The molecule has 1 aromatic rings. The van der Waals surface area contributed by atoms with E-state index in [0.29, 0.717) is 17.7 Å². The van der Waals surface area contributed by atoms with Crippen molar-refractivity contribution in [3.05, 3.63) is 40.0 Å². The number of halogens is 1. The summed E-state index contributed by atoms with van der Waals surface area (Å²) in [5.41, 5.74) is 0.716. The van der Waals surface area contributed by atoms with Gasteiger partial charge in [-0.1, -0.05) is 18.2 Å². The number of benzene rings is 1. The summed E-state index contributed by atoms with van der Waals surface area (Å²) in [5.74, 6) is 0.830. The topological polar surface area (TPSA) is 35.5 Å². The molecule has 4 heteroatoms. The fourth-order valence-electron chi connectivity index (χ4n) is 1.50. The molecule has 0 bridgehead atoms. The molecule has 0 amide bonds. The van der Waals surface area contributed by atoms with Crippen molar-refractivity contribution in [2.45, 2.75) is 19.3 Å². The molecule has 0 aliphatic heterocycles. The molecule has 0 aliphatic carbocycles. The van der Waals surface area contributed by atoms with Crippen LogP contribution in [-0.2, 0) is 4.74 Å². The van der Waals surface area contributed by atoms with Crippen molar-refractivity contribution in [3.63, 3.8) is 0 Å². The third kappa shape index (κ3) is 4.42. The predicted octanol–water partition coefficient (Wildman–Crippen LogP) is 3.81. The first kappa shape index (κ1) is 15.2. The minimum Gasteiger partial charge on any atom is -0.466 e. The van der Waals surface area contributed by atoms with E-state index >= 15 is 0 Å². The number of Topliss-reactive ketones (excluding diaryl/α,β-unsaturated/α-hetero) is 1. The van der Waals surface area contributed by atoms with Gasteiger partial charge in [0.15, 0.2) is 12.6 Å². The van der Waals surface area contributed by atoms with Crippen LogP contribution in [0.1, 0.15) is 29.6 Å². The molecule has 0 heterocycles. The number of ether oxygens (including phenoxy) is 2. The van der Waals surface area contributed by atoms with Crippen LogP contribution in [0.2, 0.25) is 0 Å². The summed E-state index contributed by atoms with van der Waals surface area (Å²) in [5, 5.41) is 0. The quantitative estimate of drug-likeness (QED) is 0.233. The van der Waals surface area contributed by atoms with Gasteiger partial charge in [-0.05, 0) is 41.5 Å². The molecule has 0 unspecified atom stereocenters. The summed E-state index contributed by atoms with van der Waals surface area (Å²) < 4.78 is 11.1. The smallest absolute Gasteiger partial charge is 0.188 e. The molecule has 18 heavy (non-hydrogen) atoms. The predicted molar refractivity (Wildman–Crippen MR) is 80.0 cm³/mol. The van der Waals surface area contributed by atoms with Gasteiger partial charge in [-0.2, -0.15) is 0 Å². The van der Waals surface area contributed by atoms with Gasteiger partial charge in [-0.3, -0.25) is 4.79 Å². The number of methoxy groups -OCH3 is 1. The van der Waals surface area contributed by atoms with Gasteiger partial charge in [0.25, 0.3) is 0 Å². The lowest BCUT2D eigenvalue weighted by Crippen LogP contribution is -2.05. The Bertz CT molecular complexity index is 416. The van der Waals surface area contributed by atoms with E-state index < -0.39 is 0 Å². The molecule has 1 rings (SSSR count). The fraction of sp³-hybridized carbons (Fsp3) is 0.357. The molecule has 0 atom stereocenters. The molecule has 0 aromatic heterocycles. The summed E-state index contributed by atoms with van der Waals surface area (Å²) in [6.45, 7) is 3.83. The Morgan fingerprint density at radius 3 is 2.94 bits per heavy atom. The van der Waals surface area contributed by atoms with E-state index in [0.717, 1.165) is 16.4 Å². The van der Waals surface area contributed by atoms with Gasteiger partial charge in [0.05, 0.1) is 3.57 Å². The third-order valence-corrected chi connectivity index (χ3v) is 3.52. The number of rotatable bonds is 8. The molecule has 0 radical (unpaired) electrons. The van der Waals surface area contributed by atoms with Crippen LogP contribution in [0.15, 0.2) is 30.9 Å². The molecule has 0 spiro atoms. The maximum Gasteiger partial charge on any atom is 0.188 e. The van der Waals surface area contributed by atoms with Crippen LogP contribution in [0.4, 0.5) is 0 Å². The number of ketones is 1. The van der Waals surface area contributed by atoms with E-state index in [9.17, 15) is 4.79 Å². The van der Waals surface area contributed by atoms with Crippen LogP contribution < -0.4 is 4.74 Å². The van der Waals surface area contributed by atoms with Crippen LogP contribution in [-0.4, -0.2) is 19.7 Å². The van der Waals surface area contributed by atoms with Gasteiger partial charge in [-0.15, -0.1) is 6.58 Å². The Morgan fingerprint density at radius 1 is 1.50 bits per heavy atom. The van der Waals surface area contributed by atoms with Crippen molar-refractivity contribution in [1.29, 1.82) is 0 Å². The Kier molecular flexibility index (Phi) is 6.97. The number of hydrogen-bond acceptors (Lipinski definition) is 3. The maximum absolute atomic E-state index is 12.0. The number of hydrogen-bond donors (Lipinski definition) is 0. The standard InChI is InChI=1S/C14H17IO3/c1-3-4-5-8-12(16)11-7-6-9-13(14(11)15)18-10-17-2/h3,6-7,9H,1,4-5,8,10H2,2H3. The van der Waals surface area contributed by atoms with E-state index in [4.69, 9.17) is 9.47 Å². The van der Waals surface area contributed by atoms with Gasteiger partial charge in [-0.25, -0.2) is 0 Å². The van der Waals surface area contributed by atoms with Crippen molar-refractivity contribution in [1.82, 2.24) is 0 Å². The lowest BCUT2D eigenvalue weighted by atomic mass is 10.1. The van der Waals surface area contributed by atoms with E-state index in [1.165, 1.54) is 0 Å². The third-order valence-electron chi connectivity index (χ3n) is 2.41. The largest absolute Gasteiger partial charge is 0.466 e. The molecule has 0 fully saturated rings. The molecule has 0 N–H and O–H groups in total. The molecular weight excluding hydrogens is 343 g/mol. The number of unbranched alkanes of at least 4 members (excludes halogenated alkanes) is 1. The number of carbonyl (C=O) groups is 1. The van der Waals surface area contributed by atoms with Crippen molar-refractivity contribution in [3.8, 4) is 5.75 Å². The second kappa shape index (κ2) is 8.26. The lowest BCUT2D eigenvalue weighted by Gasteiger charge is -2.10. The minimum absolute atomic E-state index is 0.143. The van der Waals surface area contributed by atoms with Gasteiger partial charge in [0.1, 0.15) is 5.75 Å². The van der Waals surface area contributed by atoms with E-state index in [1.807, 2.05) is 24.3 Å². The highest BCUT2D eigenvalue weighted by Gasteiger charge is 2.13. The average molecular weight is 360 g/mol. The molecule has 0 saturated carbocycles. The molecule has 0 saturated heterocycles.